The predicted octanol–water partition coefficient (Wildman–Crippen LogP) is 5.90. The van der Waals surface area contributed by atoms with Crippen molar-refractivity contribution in [1.29, 1.82) is 0 Å². The van der Waals surface area contributed by atoms with Crippen LogP contribution in [0, 0.1) is 6.92 Å². The fraction of sp³-hybridized carbons (Fsp3) is 0.240. The third kappa shape index (κ3) is 4.95. The van der Waals surface area contributed by atoms with E-state index in [1.54, 1.807) is 48.7 Å². The quantitative estimate of drug-likeness (QED) is 0.286. The molecule has 7 nitrogen and oxygen atoms in total. The number of sulfonamides is 1. The van der Waals surface area contributed by atoms with Gasteiger partial charge >= 0.3 is 0 Å². The molecule has 0 atom stereocenters. The number of oxazole rings is 1. The molecule has 178 valence electrons. The van der Waals surface area contributed by atoms with Crippen LogP contribution >= 0.6 is 11.3 Å². The summed E-state index contributed by atoms with van der Waals surface area (Å²) >= 11 is 1.16. The Morgan fingerprint density at radius 2 is 1.79 bits per heavy atom. The second kappa shape index (κ2) is 9.90. The van der Waals surface area contributed by atoms with Crippen LogP contribution in [0.15, 0.2) is 74.7 Å². The maximum Gasteiger partial charge on any atom is 0.274 e. The lowest BCUT2D eigenvalue weighted by molar-refractivity contribution is 0.242. The van der Waals surface area contributed by atoms with Crippen molar-refractivity contribution in [1.82, 2.24) is 4.98 Å². The number of thiophene rings is 1. The van der Waals surface area contributed by atoms with Crippen molar-refractivity contribution < 1.29 is 22.3 Å². The number of hydrogen-bond acceptors (Lipinski definition) is 7. The van der Waals surface area contributed by atoms with Crippen LogP contribution in [0.2, 0.25) is 0 Å². The van der Waals surface area contributed by atoms with Gasteiger partial charge in [0, 0.05) is 5.56 Å². The van der Waals surface area contributed by atoms with Gasteiger partial charge in [-0.3, -0.25) is 4.31 Å². The molecule has 0 radical (unpaired) electrons. The average Bonchev–Trinajstić information content (AvgIpc) is 3.48. The zero-order valence-corrected chi connectivity index (χ0v) is 21.0. The summed E-state index contributed by atoms with van der Waals surface area (Å²) in [6.45, 7) is 5.70. The first-order valence-corrected chi connectivity index (χ1v) is 13.0. The molecule has 2 heterocycles. The Bertz CT molecular complexity index is 1340. The molecule has 0 unspecified atom stereocenters. The molecule has 4 rings (SSSR count). The molecule has 0 saturated carbocycles. The molecule has 4 aromatic rings. The number of ether oxygens (including phenoxy) is 2. The van der Waals surface area contributed by atoms with E-state index < -0.39 is 10.0 Å². The maximum atomic E-state index is 13.6. The van der Waals surface area contributed by atoms with E-state index in [9.17, 15) is 8.42 Å². The number of nitrogens with zero attached hydrogens (tertiary/aromatic N) is 2. The van der Waals surface area contributed by atoms with Crippen molar-refractivity contribution in [3.63, 3.8) is 0 Å². The molecule has 0 saturated heterocycles. The average molecular weight is 499 g/mol. The van der Waals surface area contributed by atoms with Gasteiger partial charge in [-0.2, -0.15) is 0 Å². The van der Waals surface area contributed by atoms with Gasteiger partial charge in [-0.1, -0.05) is 18.2 Å². The van der Waals surface area contributed by atoms with E-state index >= 15 is 0 Å². The van der Waals surface area contributed by atoms with E-state index in [0.29, 0.717) is 28.8 Å². The van der Waals surface area contributed by atoms with Crippen molar-refractivity contribution in [3.05, 3.63) is 77.5 Å². The fourth-order valence-corrected chi connectivity index (χ4v) is 5.98. The number of benzene rings is 2. The van der Waals surface area contributed by atoms with Gasteiger partial charge in [0.1, 0.15) is 27.2 Å². The minimum Gasteiger partial charge on any atom is -0.495 e. The maximum absolute atomic E-state index is 13.6. The largest absolute Gasteiger partial charge is 0.495 e. The van der Waals surface area contributed by atoms with Crippen molar-refractivity contribution in [2.24, 2.45) is 0 Å². The highest BCUT2D eigenvalue weighted by molar-refractivity contribution is 7.94. The van der Waals surface area contributed by atoms with Gasteiger partial charge in [-0.25, -0.2) is 13.4 Å². The Hall–Kier alpha value is -3.30. The summed E-state index contributed by atoms with van der Waals surface area (Å²) in [6, 6.07) is 17.8. The monoisotopic (exact) mass is 498 g/mol. The first-order chi connectivity index (χ1) is 16.3. The highest BCUT2D eigenvalue weighted by Crippen LogP contribution is 2.35. The molecule has 0 fully saturated rings. The summed E-state index contributed by atoms with van der Waals surface area (Å²) in [7, 11) is -2.34. The molecule has 0 spiro atoms. The summed E-state index contributed by atoms with van der Waals surface area (Å²) in [4.78, 5) is 4.64. The summed E-state index contributed by atoms with van der Waals surface area (Å²) in [5.41, 5.74) is 1.72. The van der Waals surface area contributed by atoms with Gasteiger partial charge < -0.3 is 13.9 Å². The third-order valence-electron chi connectivity index (χ3n) is 5.05. The van der Waals surface area contributed by atoms with E-state index in [2.05, 4.69) is 4.98 Å². The van der Waals surface area contributed by atoms with Crippen molar-refractivity contribution in [2.75, 3.05) is 11.4 Å². The van der Waals surface area contributed by atoms with Crippen LogP contribution in [0.1, 0.15) is 25.3 Å². The second-order valence-electron chi connectivity index (χ2n) is 7.83. The minimum atomic E-state index is -3.86. The van der Waals surface area contributed by atoms with E-state index in [4.69, 9.17) is 13.9 Å². The second-order valence-corrected chi connectivity index (χ2v) is 10.9. The molecular formula is C25H26N2O5S2. The molecule has 34 heavy (non-hydrogen) atoms. The smallest absolute Gasteiger partial charge is 0.274 e. The van der Waals surface area contributed by atoms with Gasteiger partial charge in [0.25, 0.3) is 10.0 Å². The number of aryl methyl sites for hydroxylation is 1. The van der Waals surface area contributed by atoms with Crippen LogP contribution in [0.4, 0.5) is 5.69 Å². The van der Waals surface area contributed by atoms with E-state index in [0.717, 1.165) is 22.6 Å². The molecule has 0 bridgehead atoms. The van der Waals surface area contributed by atoms with Crippen LogP contribution in [0.25, 0.3) is 11.5 Å². The number of para-hydroxylation sites is 2. The Kier molecular flexibility index (Phi) is 6.95. The zero-order valence-electron chi connectivity index (χ0n) is 19.4. The number of rotatable bonds is 9. The van der Waals surface area contributed by atoms with Crippen LogP contribution < -0.4 is 13.8 Å². The van der Waals surface area contributed by atoms with Gasteiger partial charge in [-0.15, -0.1) is 11.3 Å². The summed E-state index contributed by atoms with van der Waals surface area (Å²) in [6.07, 6.45) is 0.0766. The Morgan fingerprint density at radius 1 is 1.06 bits per heavy atom. The van der Waals surface area contributed by atoms with Gasteiger partial charge in [0.2, 0.25) is 5.89 Å². The molecule has 0 amide bonds. The SMILES string of the molecule is COc1ccccc1N(Cc1nc(-c2ccc(OC(C)C)cc2)oc1C)S(=O)(=O)c1cccs1. The summed E-state index contributed by atoms with van der Waals surface area (Å²) in [5.74, 6) is 2.16. The normalized spacial score (nSPS) is 11.6. The van der Waals surface area contributed by atoms with Gasteiger partial charge in [0.05, 0.1) is 25.4 Å². The molecule has 0 aliphatic heterocycles. The van der Waals surface area contributed by atoms with Crippen LogP contribution in [0.3, 0.4) is 0 Å². The number of methoxy groups -OCH3 is 1. The lowest BCUT2D eigenvalue weighted by Crippen LogP contribution is -2.30. The molecule has 9 heteroatoms. The first-order valence-electron chi connectivity index (χ1n) is 10.7. The Balaban J connectivity index is 1.71. The van der Waals surface area contributed by atoms with Crippen molar-refractivity contribution >= 4 is 27.0 Å². The van der Waals surface area contributed by atoms with Crippen LogP contribution in [-0.2, 0) is 16.6 Å². The number of anilines is 1. The summed E-state index contributed by atoms with van der Waals surface area (Å²) in [5, 5.41) is 1.74. The Labute approximate surface area is 203 Å². The first kappa shape index (κ1) is 23.8. The standard InChI is InChI=1S/C25H26N2O5S2/c1-17(2)31-20-13-11-19(12-14-20)25-26-21(18(3)32-25)16-27(22-8-5-6-9-23(22)30-4)34(28,29)24-10-7-15-33-24/h5-15,17H,16H2,1-4H3. The molecule has 0 N–H and O–H groups in total. The van der Waals surface area contributed by atoms with Gasteiger partial charge in [-0.05, 0) is 68.6 Å². The van der Waals surface area contributed by atoms with Crippen LogP contribution in [-0.4, -0.2) is 26.6 Å². The van der Waals surface area contributed by atoms with Crippen molar-refractivity contribution in [2.45, 2.75) is 37.6 Å². The highest BCUT2D eigenvalue weighted by atomic mass is 32.2. The molecule has 2 aromatic carbocycles. The van der Waals surface area contributed by atoms with Gasteiger partial charge in [0.15, 0.2) is 0 Å². The number of aromatic nitrogens is 1. The topological polar surface area (TPSA) is 81.9 Å². The predicted molar refractivity (Wildman–Crippen MR) is 133 cm³/mol. The summed E-state index contributed by atoms with van der Waals surface area (Å²) < 4.78 is 45.8. The highest BCUT2D eigenvalue weighted by Gasteiger charge is 2.30. The third-order valence-corrected chi connectivity index (χ3v) is 8.19. The van der Waals surface area contributed by atoms with E-state index in [1.807, 2.05) is 38.1 Å². The molecule has 0 aliphatic rings. The molecule has 2 aromatic heterocycles. The number of hydrogen-bond donors (Lipinski definition) is 0. The molecule has 0 aliphatic carbocycles. The lowest BCUT2D eigenvalue weighted by atomic mass is 10.2. The van der Waals surface area contributed by atoms with E-state index in [1.165, 1.54) is 11.4 Å². The minimum absolute atomic E-state index is 0.00944. The van der Waals surface area contributed by atoms with Crippen LogP contribution in [0.5, 0.6) is 11.5 Å². The fourth-order valence-electron chi connectivity index (χ4n) is 3.44. The van der Waals surface area contributed by atoms with E-state index in [-0.39, 0.29) is 16.9 Å². The van der Waals surface area contributed by atoms with Crippen molar-refractivity contribution in [3.8, 4) is 23.0 Å². The zero-order chi connectivity index (χ0) is 24.3. The Morgan fingerprint density at radius 3 is 2.44 bits per heavy atom. The lowest BCUT2D eigenvalue weighted by Gasteiger charge is -2.24. The molecular weight excluding hydrogens is 472 g/mol.